The van der Waals surface area contributed by atoms with Crippen molar-refractivity contribution in [1.29, 1.82) is 0 Å². The van der Waals surface area contributed by atoms with Crippen molar-refractivity contribution < 1.29 is 9.13 Å². The Bertz CT molecular complexity index is 822. The maximum Gasteiger partial charge on any atom is 0.258 e. The fourth-order valence-electron chi connectivity index (χ4n) is 2.82. The Kier molecular flexibility index (Phi) is 5.04. The Labute approximate surface area is 160 Å². The van der Waals surface area contributed by atoms with Gasteiger partial charge in [-0.05, 0) is 38.1 Å². The molecule has 1 saturated heterocycles. The number of thioether (sulfide) groups is 1. The van der Waals surface area contributed by atoms with Crippen LogP contribution < -0.4 is 4.90 Å². The summed E-state index contributed by atoms with van der Waals surface area (Å²) < 4.78 is 14.9. The van der Waals surface area contributed by atoms with Crippen LogP contribution in [0.1, 0.15) is 19.4 Å². The molecule has 1 atom stereocenters. The van der Waals surface area contributed by atoms with Gasteiger partial charge in [0.1, 0.15) is 14.9 Å². The molecule has 0 amide bonds. The minimum absolute atomic E-state index is 0.0748. The highest BCUT2D eigenvalue weighted by Crippen LogP contribution is 2.43. The van der Waals surface area contributed by atoms with Crippen molar-refractivity contribution in [3.05, 3.63) is 70.1 Å². The number of hydrogen-bond donors (Lipinski definition) is 0. The lowest BCUT2D eigenvalue weighted by molar-refractivity contribution is -0.497. The third-order valence-corrected chi connectivity index (χ3v) is 5.83. The van der Waals surface area contributed by atoms with E-state index >= 15 is 0 Å². The molecule has 1 fully saturated rings. The second-order valence-corrected chi connectivity index (χ2v) is 8.87. The lowest BCUT2D eigenvalue weighted by atomic mass is 10.1. The number of anilines is 1. The van der Waals surface area contributed by atoms with Crippen LogP contribution >= 0.6 is 35.6 Å². The molecule has 0 aromatic heterocycles. The van der Waals surface area contributed by atoms with E-state index in [1.54, 1.807) is 11.0 Å². The van der Waals surface area contributed by atoms with Crippen LogP contribution in [-0.2, 0) is 0 Å². The van der Waals surface area contributed by atoms with E-state index < -0.39 is 16.7 Å². The van der Waals surface area contributed by atoms with Gasteiger partial charge in [-0.2, -0.15) is 4.74 Å². The van der Waals surface area contributed by atoms with Gasteiger partial charge in [0, 0.05) is 5.69 Å². The first-order valence-electron chi connectivity index (χ1n) is 7.63. The fourth-order valence-corrected chi connectivity index (χ4v) is 4.95. The summed E-state index contributed by atoms with van der Waals surface area (Å²) in [6.45, 7) is 3.89. The third-order valence-electron chi connectivity index (χ3n) is 3.94. The minimum Gasteiger partial charge on any atom is -0.622 e. The number of para-hydroxylation sites is 1. The summed E-state index contributed by atoms with van der Waals surface area (Å²) in [5.41, 5.74) is 0.898. The lowest BCUT2D eigenvalue weighted by Gasteiger charge is -2.29. The molecule has 1 aliphatic rings. The molecule has 25 heavy (non-hydrogen) atoms. The molecule has 7 heteroatoms. The summed E-state index contributed by atoms with van der Waals surface area (Å²) in [5, 5.41) is 13.2. The monoisotopic (exact) mass is 394 g/mol. The molecule has 2 aromatic rings. The van der Waals surface area contributed by atoms with Crippen LogP contribution in [0.15, 0.2) is 48.5 Å². The van der Waals surface area contributed by atoms with Gasteiger partial charge in [-0.1, -0.05) is 59.8 Å². The first kappa shape index (κ1) is 18.2. The standard InChI is InChI=1S/C18H16ClFN2OS2/c1-18(2)16(21(23)11-13-14(19)9-6-10-15(13)20)22(17(24)25-18)12-7-4-3-5-8-12/h3-11,16H,1-2H3/b21-11-/t16-/m1/s1. The molecule has 0 N–H and O–H groups in total. The van der Waals surface area contributed by atoms with E-state index in [1.165, 1.54) is 30.1 Å². The minimum atomic E-state index is -0.622. The lowest BCUT2D eigenvalue weighted by Crippen LogP contribution is -2.48. The van der Waals surface area contributed by atoms with Crippen LogP contribution in [0, 0.1) is 11.0 Å². The van der Waals surface area contributed by atoms with E-state index in [9.17, 15) is 9.60 Å². The second-order valence-electron chi connectivity index (χ2n) is 6.17. The summed E-state index contributed by atoms with van der Waals surface area (Å²) in [6.07, 6.45) is 0.581. The molecule has 0 bridgehead atoms. The van der Waals surface area contributed by atoms with E-state index in [4.69, 9.17) is 23.8 Å². The predicted octanol–water partition coefficient (Wildman–Crippen LogP) is 5.05. The molecule has 0 spiro atoms. The number of benzene rings is 2. The molecule has 0 radical (unpaired) electrons. The smallest absolute Gasteiger partial charge is 0.258 e. The molecule has 1 aliphatic heterocycles. The quantitative estimate of drug-likeness (QED) is 0.239. The Morgan fingerprint density at radius 3 is 2.56 bits per heavy atom. The van der Waals surface area contributed by atoms with Crippen molar-refractivity contribution in [1.82, 2.24) is 0 Å². The average Bonchev–Trinajstić information content (AvgIpc) is 2.80. The van der Waals surface area contributed by atoms with Gasteiger partial charge in [-0.15, -0.1) is 0 Å². The van der Waals surface area contributed by atoms with Crippen molar-refractivity contribution in [2.75, 3.05) is 4.90 Å². The highest BCUT2D eigenvalue weighted by atomic mass is 35.5. The van der Waals surface area contributed by atoms with E-state index in [-0.39, 0.29) is 10.6 Å². The van der Waals surface area contributed by atoms with Gasteiger partial charge in [-0.3, -0.25) is 4.90 Å². The number of thiocarbonyl (C=S) groups is 1. The maximum absolute atomic E-state index is 14.1. The zero-order valence-corrected chi connectivity index (χ0v) is 16.0. The largest absolute Gasteiger partial charge is 0.622 e. The van der Waals surface area contributed by atoms with Crippen molar-refractivity contribution in [3.8, 4) is 0 Å². The number of halogens is 2. The SMILES string of the molecule is CC1(C)SC(=S)N(c2ccccc2)[C@H]1/[N+]([O-])=C/c1c(F)cccc1Cl. The van der Waals surface area contributed by atoms with Gasteiger partial charge < -0.3 is 5.21 Å². The van der Waals surface area contributed by atoms with Crippen LogP contribution in [0.5, 0.6) is 0 Å². The van der Waals surface area contributed by atoms with Gasteiger partial charge in [0.15, 0.2) is 6.21 Å². The van der Waals surface area contributed by atoms with E-state index in [0.29, 0.717) is 4.32 Å². The number of hydrogen-bond acceptors (Lipinski definition) is 3. The van der Waals surface area contributed by atoms with Gasteiger partial charge in [0.2, 0.25) is 0 Å². The number of nitrogens with zero attached hydrogens (tertiary/aromatic N) is 2. The summed E-state index contributed by atoms with van der Waals surface area (Å²) >= 11 is 13.0. The zero-order valence-electron chi connectivity index (χ0n) is 13.6. The van der Waals surface area contributed by atoms with Crippen LogP contribution in [0.3, 0.4) is 0 Å². The summed E-state index contributed by atoms with van der Waals surface area (Å²) in [7, 11) is 0. The van der Waals surface area contributed by atoms with E-state index in [1.807, 2.05) is 44.2 Å². The predicted molar refractivity (Wildman–Crippen MR) is 107 cm³/mol. The van der Waals surface area contributed by atoms with Crippen LogP contribution in [-0.4, -0.2) is 26.2 Å². The summed E-state index contributed by atoms with van der Waals surface area (Å²) in [4.78, 5) is 1.80. The second kappa shape index (κ2) is 6.94. The fraction of sp³-hybridized carbons (Fsp3) is 0.222. The van der Waals surface area contributed by atoms with Crippen LogP contribution in [0.4, 0.5) is 10.1 Å². The Morgan fingerprint density at radius 2 is 1.92 bits per heavy atom. The molecular formula is C18H16ClFN2OS2. The number of rotatable bonds is 3. The third kappa shape index (κ3) is 3.52. The molecule has 0 saturated carbocycles. The normalized spacial score (nSPS) is 20.2. The Hall–Kier alpha value is -1.63. The van der Waals surface area contributed by atoms with Crippen molar-refractivity contribution in [2.24, 2.45) is 0 Å². The molecular weight excluding hydrogens is 379 g/mol. The zero-order chi connectivity index (χ0) is 18.2. The summed E-state index contributed by atoms with van der Waals surface area (Å²) in [5.74, 6) is -0.536. The Morgan fingerprint density at radius 1 is 1.24 bits per heavy atom. The molecule has 130 valence electrons. The van der Waals surface area contributed by atoms with Crippen molar-refractivity contribution in [3.63, 3.8) is 0 Å². The molecule has 3 nitrogen and oxygen atoms in total. The number of hydroxylamine groups is 1. The Balaban J connectivity index is 2.08. The average molecular weight is 395 g/mol. The van der Waals surface area contributed by atoms with Gasteiger partial charge in [0.25, 0.3) is 6.17 Å². The first-order chi connectivity index (χ1) is 11.8. The molecule has 0 unspecified atom stereocenters. The molecule has 2 aromatic carbocycles. The molecule has 0 aliphatic carbocycles. The van der Waals surface area contributed by atoms with Gasteiger partial charge in [-0.25, -0.2) is 4.39 Å². The highest BCUT2D eigenvalue weighted by Gasteiger charge is 2.51. The molecule has 3 rings (SSSR count). The topological polar surface area (TPSA) is 29.3 Å². The van der Waals surface area contributed by atoms with Gasteiger partial charge >= 0.3 is 0 Å². The van der Waals surface area contributed by atoms with Crippen molar-refractivity contribution >= 4 is 51.8 Å². The summed E-state index contributed by atoms with van der Waals surface area (Å²) in [6, 6.07) is 13.8. The maximum atomic E-state index is 14.1. The first-order valence-corrected chi connectivity index (χ1v) is 9.23. The van der Waals surface area contributed by atoms with E-state index in [2.05, 4.69) is 0 Å². The van der Waals surface area contributed by atoms with Gasteiger partial charge in [0.05, 0.1) is 10.6 Å². The molecule has 1 heterocycles. The van der Waals surface area contributed by atoms with Crippen molar-refractivity contribution in [2.45, 2.75) is 24.8 Å². The van der Waals surface area contributed by atoms with Crippen LogP contribution in [0.25, 0.3) is 0 Å². The van der Waals surface area contributed by atoms with E-state index in [0.717, 1.165) is 10.4 Å². The highest BCUT2D eigenvalue weighted by molar-refractivity contribution is 8.24. The van der Waals surface area contributed by atoms with Crippen LogP contribution in [0.2, 0.25) is 5.02 Å².